The third kappa shape index (κ3) is 3.85. The van der Waals surface area contributed by atoms with Crippen LogP contribution in [0.15, 0.2) is 16.9 Å². The van der Waals surface area contributed by atoms with Crippen LogP contribution in [0.4, 0.5) is 11.8 Å². The Bertz CT molecular complexity index is 723. The number of nitrogens with two attached hydrogens (primary N) is 2. The van der Waals surface area contributed by atoms with E-state index in [1.807, 2.05) is 6.07 Å². The van der Waals surface area contributed by atoms with Crippen molar-refractivity contribution >= 4 is 29.1 Å². The van der Waals surface area contributed by atoms with Crippen LogP contribution in [0.2, 0.25) is 0 Å². The molecule has 2 aromatic heterocycles. The van der Waals surface area contributed by atoms with Gasteiger partial charge in [-0.1, -0.05) is 0 Å². The normalized spacial score (nSPS) is 10.6. The van der Waals surface area contributed by atoms with Gasteiger partial charge in [0.15, 0.2) is 0 Å². The minimum Gasteiger partial charge on any atom is -0.465 e. The second-order valence-corrected chi connectivity index (χ2v) is 5.95. The number of ether oxygens (including phenoxy) is 1. The highest BCUT2D eigenvalue weighted by Crippen LogP contribution is 2.20. The second kappa shape index (κ2) is 7.08. The van der Waals surface area contributed by atoms with Crippen molar-refractivity contribution < 1.29 is 9.53 Å². The average Bonchev–Trinajstić information content (AvgIpc) is 2.93. The molecule has 2 aromatic rings. The quantitative estimate of drug-likeness (QED) is 0.544. The molecule has 118 valence electrons. The van der Waals surface area contributed by atoms with Crippen molar-refractivity contribution in [3.8, 4) is 0 Å². The summed E-state index contributed by atoms with van der Waals surface area (Å²) in [5, 5.41) is 0. The Kier molecular flexibility index (Phi) is 5.16. The van der Waals surface area contributed by atoms with Gasteiger partial charge in [-0.3, -0.25) is 9.78 Å². The van der Waals surface area contributed by atoms with Crippen LogP contribution in [0.3, 0.4) is 0 Å². The van der Waals surface area contributed by atoms with Gasteiger partial charge in [-0.25, -0.2) is 4.79 Å². The molecular weight excluding hydrogens is 304 g/mol. The van der Waals surface area contributed by atoms with Crippen LogP contribution in [0.1, 0.15) is 33.0 Å². The number of H-pyrrole nitrogens is 1. The van der Waals surface area contributed by atoms with Crippen molar-refractivity contribution in [1.82, 2.24) is 9.97 Å². The van der Waals surface area contributed by atoms with Crippen molar-refractivity contribution in [2.45, 2.75) is 25.7 Å². The first-order valence-corrected chi connectivity index (χ1v) is 7.64. The largest absolute Gasteiger partial charge is 0.465 e. The maximum absolute atomic E-state index is 11.7. The van der Waals surface area contributed by atoms with Crippen molar-refractivity contribution in [2.24, 2.45) is 0 Å². The molecule has 0 amide bonds. The smallest absolute Gasteiger partial charge is 0.348 e. The number of aryl methyl sites for hydroxylation is 1. The maximum Gasteiger partial charge on any atom is 0.348 e. The van der Waals surface area contributed by atoms with E-state index in [0.717, 1.165) is 24.1 Å². The number of thiophene rings is 1. The van der Waals surface area contributed by atoms with Crippen LogP contribution in [-0.2, 0) is 17.6 Å². The predicted octanol–water partition coefficient (Wildman–Crippen LogP) is 1.35. The molecule has 0 aliphatic rings. The maximum atomic E-state index is 11.7. The Morgan fingerprint density at radius 2 is 2.05 bits per heavy atom. The van der Waals surface area contributed by atoms with Crippen LogP contribution in [0.25, 0.3) is 0 Å². The van der Waals surface area contributed by atoms with E-state index in [9.17, 15) is 9.59 Å². The fourth-order valence-corrected chi connectivity index (χ4v) is 3.07. The number of nitrogens with zero attached hydrogens (tertiary/aromatic N) is 1. The zero-order valence-corrected chi connectivity index (χ0v) is 13.0. The number of rotatable bonds is 6. The van der Waals surface area contributed by atoms with Crippen molar-refractivity contribution in [3.63, 3.8) is 0 Å². The van der Waals surface area contributed by atoms with E-state index in [1.165, 1.54) is 18.4 Å². The van der Waals surface area contributed by atoms with E-state index in [1.54, 1.807) is 6.07 Å². The number of nitrogens with one attached hydrogen (secondary N) is 1. The fourth-order valence-electron chi connectivity index (χ4n) is 2.10. The summed E-state index contributed by atoms with van der Waals surface area (Å²) < 4.78 is 4.67. The minimum absolute atomic E-state index is 0.0279. The molecule has 0 atom stereocenters. The number of aromatic amines is 1. The number of anilines is 2. The summed E-state index contributed by atoms with van der Waals surface area (Å²) in [4.78, 5) is 31.1. The van der Waals surface area contributed by atoms with E-state index in [4.69, 9.17) is 11.5 Å². The third-order valence-corrected chi connectivity index (χ3v) is 4.34. The molecule has 0 spiro atoms. The number of hydrogen-bond acceptors (Lipinski definition) is 7. The number of carbonyl (C=O) groups excluding carboxylic acids is 1. The molecule has 8 heteroatoms. The molecule has 0 unspecified atom stereocenters. The monoisotopic (exact) mass is 322 g/mol. The van der Waals surface area contributed by atoms with Gasteiger partial charge in [0.2, 0.25) is 5.95 Å². The molecule has 5 N–H and O–H groups in total. The number of aromatic nitrogens is 2. The van der Waals surface area contributed by atoms with E-state index in [-0.39, 0.29) is 23.3 Å². The molecule has 0 saturated heterocycles. The third-order valence-electron chi connectivity index (χ3n) is 3.21. The standard InChI is InChI=1S/C14H18N4O3S/c1-21-13(20)10-7-6-8(22-10)4-2-3-5-9-11(15)17-14(16)18-12(9)19/h6-7H,2-5H2,1H3,(H5,15,16,17,18,19). The van der Waals surface area contributed by atoms with Gasteiger partial charge in [0.05, 0.1) is 12.7 Å². The van der Waals surface area contributed by atoms with Crippen LogP contribution < -0.4 is 17.0 Å². The summed E-state index contributed by atoms with van der Waals surface area (Å²) in [6.07, 6.45) is 3.06. The van der Waals surface area contributed by atoms with Crippen LogP contribution in [-0.4, -0.2) is 23.0 Å². The summed E-state index contributed by atoms with van der Waals surface area (Å²) in [7, 11) is 1.37. The molecule has 0 fully saturated rings. The average molecular weight is 322 g/mol. The second-order valence-electron chi connectivity index (χ2n) is 4.78. The summed E-state index contributed by atoms with van der Waals surface area (Å²) in [5.74, 6) is -0.103. The Hall–Kier alpha value is -2.35. The molecule has 0 aromatic carbocycles. The highest BCUT2D eigenvalue weighted by Gasteiger charge is 2.10. The Morgan fingerprint density at radius 1 is 1.32 bits per heavy atom. The van der Waals surface area contributed by atoms with E-state index >= 15 is 0 Å². The molecule has 2 rings (SSSR count). The fraction of sp³-hybridized carbons (Fsp3) is 0.357. The lowest BCUT2D eigenvalue weighted by molar-refractivity contribution is 0.0606. The van der Waals surface area contributed by atoms with Crippen molar-refractivity contribution in [3.05, 3.63) is 37.8 Å². The summed E-state index contributed by atoms with van der Waals surface area (Å²) in [5.41, 5.74) is 11.3. The number of esters is 1. The number of carbonyl (C=O) groups is 1. The van der Waals surface area contributed by atoms with Crippen molar-refractivity contribution in [2.75, 3.05) is 18.6 Å². The summed E-state index contributed by atoms with van der Waals surface area (Å²) >= 11 is 1.42. The molecule has 0 aliphatic carbocycles. The van der Waals surface area contributed by atoms with Gasteiger partial charge in [-0.2, -0.15) is 4.98 Å². The van der Waals surface area contributed by atoms with Crippen LogP contribution in [0.5, 0.6) is 0 Å². The molecular formula is C14H18N4O3S. The molecule has 7 nitrogen and oxygen atoms in total. The molecule has 0 bridgehead atoms. The molecule has 22 heavy (non-hydrogen) atoms. The van der Waals surface area contributed by atoms with Gasteiger partial charge < -0.3 is 16.2 Å². The Labute approximate surface area is 131 Å². The van der Waals surface area contributed by atoms with Crippen LogP contribution >= 0.6 is 11.3 Å². The number of nitrogen functional groups attached to an aromatic ring is 2. The predicted molar refractivity (Wildman–Crippen MR) is 86.0 cm³/mol. The number of hydrogen-bond donors (Lipinski definition) is 3. The summed E-state index contributed by atoms with van der Waals surface area (Å²) in [6.45, 7) is 0. The van der Waals surface area contributed by atoms with Crippen LogP contribution in [0, 0.1) is 0 Å². The highest BCUT2D eigenvalue weighted by atomic mass is 32.1. The molecule has 0 radical (unpaired) electrons. The first-order chi connectivity index (χ1) is 10.5. The van der Waals surface area contributed by atoms with Gasteiger partial charge in [-0.15, -0.1) is 11.3 Å². The zero-order valence-electron chi connectivity index (χ0n) is 12.2. The minimum atomic E-state index is -0.316. The van der Waals surface area contributed by atoms with Gasteiger partial charge in [-0.05, 0) is 37.8 Å². The lowest BCUT2D eigenvalue weighted by Crippen LogP contribution is -2.19. The topological polar surface area (TPSA) is 124 Å². The van der Waals surface area contributed by atoms with E-state index in [2.05, 4.69) is 14.7 Å². The SMILES string of the molecule is COC(=O)c1ccc(CCCCc2c(N)nc(N)[nH]c2=O)s1. The first kappa shape index (κ1) is 16.0. The van der Waals surface area contributed by atoms with E-state index < -0.39 is 0 Å². The van der Waals surface area contributed by atoms with Gasteiger partial charge in [0.1, 0.15) is 10.7 Å². The Balaban J connectivity index is 1.86. The number of unbranched alkanes of at least 4 members (excludes halogenated alkanes) is 1. The Morgan fingerprint density at radius 3 is 2.73 bits per heavy atom. The van der Waals surface area contributed by atoms with Crippen molar-refractivity contribution in [1.29, 1.82) is 0 Å². The van der Waals surface area contributed by atoms with Gasteiger partial charge in [0.25, 0.3) is 5.56 Å². The summed E-state index contributed by atoms with van der Waals surface area (Å²) in [6, 6.07) is 3.68. The lowest BCUT2D eigenvalue weighted by atomic mass is 10.1. The van der Waals surface area contributed by atoms with Gasteiger partial charge in [0, 0.05) is 4.88 Å². The first-order valence-electron chi connectivity index (χ1n) is 6.82. The highest BCUT2D eigenvalue weighted by molar-refractivity contribution is 7.13. The molecule has 0 saturated carbocycles. The molecule has 2 heterocycles. The molecule has 0 aliphatic heterocycles. The van der Waals surface area contributed by atoms with Gasteiger partial charge >= 0.3 is 5.97 Å². The number of methoxy groups -OCH3 is 1. The lowest BCUT2D eigenvalue weighted by Gasteiger charge is -2.04. The zero-order chi connectivity index (χ0) is 16.1. The van der Waals surface area contributed by atoms with E-state index in [0.29, 0.717) is 16.9 Å².